The summed E-state index contributed by atoms with van der Waals surface area (Å²) in [6, 6.07) is 0. The molecule has 1 aromatic rings. The van der Waals surface area contributed by atoms with Crippen LogP contribution >= 0.6 is 11.3 Å². The van der Waals surface area contributed by atoms with E-state index in [0.717, 1.165) is 29.3 Å². The molecule has 0 spiro atoms. The minimum Gasteiger partial charge on any atom is -0.357 e. The van der Waals surface area contributed by atoms with E-state index < -0.39 is 0 Å². The summed E-state index contributed by atoms with van der Waals surface area (Å²) in [4.78, 5) is 13.0. The fourth-order valence-corrected chi connectivity index (χ4v) is 4.33. The van der Waals surface area contributed by atoms with Gasteiger partial charge in [-0.1, -0.05) is 12.8 Å². The van der Waals surface area contributed by atoms with Crippen molar-refractivity contribution in [2.75, 3.05) is 19.6 Å². The Kier molecular flexibility index (Phi) is 4.78. The van der Waals surface area contributed by atoms with Crippen LogP contribution in [0.3, 0.4) is 0 Å². The van der Waals surface area contributed by atoms with Gasteiger partial charge in [0.2, 0.25) is 0 Å². The van der Waals surface area contributed by atoms with E-state index in [-0.39, 0.29) is 0 Å². The average Bonchev–Trinajstić information content (AvgIpc) is 3.09. The van der Waals surface area contributed by atoms with Crippen LogP contribution in [-0.4, -0.2) is 35.5 Å². The van der Waals surface area contributed by atoms with Gasteiger partial charge in [-0.25, -0.2) is 9.98 Å². The number of aryl methyl sites for hydroxylation is 1. The summed E-state index contributed by atoms with van der Waals surface area (Å²) in [5.74, 6) is 2.87. The summed E-state index contributed by atoms with van der Waals surface area (Å²) in [6.45, 7) is 8.25. The van der Waals surface area contributed by atoms with Crippen molar-refractivity contribution in [3.8, 4) is 0 Å². The van der Waals surface area contributed by atoms with E-state index in [1.807, 2.05) is 6.20 Å². The van der Waals surface area contributed by atoms with Gasteiger partial charge in [0, 0.05) is 30.7 Å². The molecule has 2 fully saturated rings. The first-order chi connectivity index (χ1) is 10.3. The zero-order chi connectivity index (χ0) is 14.7. The van der Waals surface area contributed by atoms with Crippen LogP contribution in [0.2, 0.25) is 0 Å². The molecule has 0 radical (unpaired) electrons. The predicted octanol–water partition coefficient (Wildman–Crippen LogP) is 3.04. The molecule has 0 bridgehead atoms. The monoisotopic (exact) mass is 306 g/mol. The maximum absolute atomic E-state index is 4.82. The topological polar surface area (TPSA) is 40.5 Å². The quantitative estimate of drug-likeness (QED) is 0.689. The van der Waals surface area contributed by atoms with Gasteiger partial charge in [0.25, 0.3) is 0 Å². The third kappa shape index (κ3) is 3.57. The SMILES string of the molecule is CCNC(=NCc1ncc(C)s1)N1CC2CCCCC2C1. The van der Waals surface area contributed by atoms with Gasteiger partial charge < -0.3 is 10.2 Å². The molecule has 2 atom stereocenters. The Morgan fingerprint density at radius 2 is 2.10 bits per heavy atom. The highest BCUT2D eigenvalue weighted by Gasteiger charge is 2.35. The summed E-state index contributed by atoms with van der Waals surface area (Å²) in [5, 5.41) is 4.57. The first-order valence-corrected chi connectivity index (χ1v) is 9.02. The molecule has 4 nitrogen and oxygen atoms in total. The van der Waals surface area contributed by atoms with Gasteiger partial charge in [0.1, 0.15) is 5.01 Å². The Bertz CT molecular complexity index is 482. The zero-order valence-electron chi connectivity index (χ0n) is 13.1. The number of hydrogen-bond donors (Lipinski definition) is 1. The van der Waals surface area contributed by atoms with Crippen LogP contribution in [0.5, 0.6) is 0 Å². The van der Waals surface area contributed by atoms with Crippen molar-refractivity contribution in [3.63, 3.8) is 0 Å². The van der Waals surface area contributed by atoms with Crippen LogP contribution in [-0.2, 0) is 6.54 Å². The molecule has 21 heavy (non-hydrogen) atoms. The third-order valence-electron chi connectivity index (χ3n) is 4.64. The second-order valence-electron chi connectivity index (χ2n) is 6.24. The van der Waals surface area contributed by atoms with Crippen LogP contribution in [0.15, 0.2) is 11.2 Å². The number of hydrogen-bond acceptors (Lipinski definition) is 3. The van der Waals surface area contributed by atoms with Crippen LogP contribution in [0, 0.1) is 18.8 Å². The van der Waals surface area contributed by atoms with Crippen LogP contribution < -0.4 is 5.32 Å². The Hall–Kier alpha value is -1.10. The second kappa shape index (κ2) is 6.77. The normalized spacial score (nSPS) is 26.0. The lowest BCUT2D eigenvalue weighted by Gasteiger charge is -2.22. The largest absolute Gasteiger partial charge is 0.357 e. The average molecular weight is 306 g/mol. The third-order valence-corrected chi connectivity index (χ3v) is 5.54. The summed E-state index contributed by atoms with van der Waals surface area (Å²) in [7, 11) is 0. The molecule has 2 aliphatic rings. The molecule has 1 aromatic heterocycles. The molecule has 2 heterocycles. The van der Waals surface area contributed by atoms with Crippen LogP contribution in [0.4, 0.5) is 0 Å². The minimum atomic E-state index is 0.701. The number of likely N-dealkylation sites (tertiary alicyclic amines) is 1. The second-order valence-corrected chi connectivity index (χ2v) is 7.56. The number of nitrogens with zero attached hydrogens (tertiary/aromatic N) is 3. The summed E-state index contributed by atoms with van der Waals surface area (Å²) >= 11 is 1.75. The van der Waals surface area contributed by atoms with E-state index in [2.05, 4.69) is 29.0 Å². The number of aliphatic imine (C=N–C) groups is 1. The van der Waals surface area contributed by atoms with Gasteiger partial charge in [-0.3, -0.25) is 0 Å². The number of rotatable bonds is 3. The lowest BCUT2D eigenvalue weighted by atomic mass is 9.82. The van der Waals surface area contributed by atoms with Crippen molar-refractivity contribution in [3.05, 3.63) is 16.1 Å². The number of fused-ring (bicyclic) bond motifs is 1. The van der Waals surface area contributed by atoms with Crippen molar-refractivity contribution >= 4 is 17.3 Å². The first-order valence-electron chi connectivity index (χ1n) is 8.21. The Morgan fingerprint density at radius 3 is 2.67 bits per heavy atom. The van der Waals surface area contributed by atoms with Crippen LogP contribution in [0.1, 0.15) is 42.5 Å². The molecule has 0 amide bonds. The molecule has 3 rings (SSSR count). The van der Waals surface area contributed by atoms with Crippen molar-refractivity contribution < 1.29 is 0 Å². The number of thiazole rings is 1. The molecule has 0 aromatic carbocycles. The number of nitrogens with one attached hydrogen (secondary N) is 1. The standard InChI is InChI=1S/C16H26N4S/c1-3-17-16(19-9-15-18-8-12(2)21-15)20-10-13-6-4-5-7-14(13)11-20/h8,13-14H,3-7,9-11H2,1-2H3,(H,17,19). The highest BCUT2D eigenvalue weighted by atomic mass is 32.1. The van der Waals surface area contributed by atoms with E-state index in [4.69, 9.17) is 4.99 Å². The fourth-order valence-electron chi connectivity index (χ4n) is 3.62. The van der Waals surface area contributed by atoms with E-state index in [1.54, 1.807) is 11.3 Å². The number of guanidine groups is 1. The molecule has 2 unspecified atom stereocenters. The summed E-state index contributed by atoms with van der Waals surface area (Å²) in [5.41, 5.74) is 0. The highest BCUT2D eigenvalue weighted by Crippen LogP contribution is 2.35. The molecular weight excluding hydrogens is 280 g/mol. The molecular formula is C16H26N4S. The van der Waals surface area contributed by atoms with Gasteiger partial charge in [-0.05, 0) is 38.5 Å². The molecule has 1 N–H and O–H groups in total. The maximum atomic E-state index is 4.82. The lowest BCUT2D eigenvalue weighted by Crippen LogP contribution is -2.40. The van der Waals surface area contributed by atoms with E-state index in [9.17, 15) is 0 Å². The van der Waals surface area contributed by atoms with Gasteiger partial charge in [-0.2, -0.15) is 0 Å². The molecule has 1 saturated carbocycles. The Labute approximate surface area is 131 Å². The van der Waals surface area contributed by atoms with E-state index >= 15 is 0 Å². The van der Waals surface area contributed by atoms with Gasteiger partial charge in [0.05, 0.1) is 6.54 Å². The zero-order valence-corrected chi connectivity index (χ0v) is 14.0. The molecule has 1 aliphatic heterocycles. The van der Waals surface area contributed by atoms with Gasteiger partial charge in [0.15, 0.2) is 5.96 Å². The van der Waals surface area contributed by atoms with Crippen molar-refractivity contribution in [1.29, 1.82) is 0 Å². The fraction of sp³-hybridized carbons (Fsp3) is 0.750. The van der Waals surface area contributed by atoms with Gasteiger partial charge >= 0.3 is 0 Å². The molecule has 5 heteroatoms. The van der Waals surface area contributed by atoms with E-state index in [0.29, 0.717) is 6.54 Å². The smallest absolute Gasteiger partial charge is 0.194 e. The van der Waals surface area contributed by atoms with E-state index in [1.165, 1.54) is 43.6 Å². The van der Waals surface area contributed by atoms with Crippen molar-refractivity contribution in [2.24, 2.45) is 16.8 Å². The van der Waals surface area contributed by atoms with Crippen LogP contribution in [0.25, 0.3) is 0 Å². The molecule has 1 saturated heterocycles. The highest BCUT2D eigenvalue weighted by molar-refractivity contribution is 7.11. The summed E-state index contributed by atoms with van der Waals surface area (Å²) in [6.07, 6.45) is 7.59. The van der Waals surface area contributed by atoms with Crippen molar-refractivity contribution in [1.82, 2.24) is 15.2 Å². The molecule has 1 aliphatic carbocycles. The molecule has 116 valence electrons. The van der Waals surface area contributed by atoms with Gasteiger partial charge in [-0.15, -0.1) is 11.3 Å². The predicted molar refractivity (Wildman–Crippen MR) is 88.7 cm³/mol. The Balaban J connectivity index is 1.66. The first kappa shape index (κ1) is 14.8. The maximum Gasteiger partial charge on any atom is 0.194 e. The summed E-state index contributed by atoms with van der Waals surface area (Å²) < 4.78 is 0. The Morgan fingerprint density at radius 1 is 1.38 bits per heavy atom. The van der Waals surface area contributed by atoms with Crippen molar-refractivity contribution in [2.45, 2.75) is 46.1 Å². The minimum absolute atomic E-state index is 0.701. The lowest BCUT2D eigenvalue weighted by molar-refractivity contribution is 0.299. The number of aromatic nitrogens is 1.